The molecule has 1 heterocycles. The normalized spacial score (nSPS) is 16.0. The Hall–Kier alpha value is -2.28. The molecule has 1 saturated heterocycles. The van der Waals surface area contributed by atoms with Gasteiger partial charge in [0.2, 0.25) is 0 Å². The van der Waals surface area contributed by atoms with E-state index in [0.717, 1.165) is 44.8 Å². The van der Waals surface area contributed by atoms with E-state index in [1.165, 1.54) is 11.1 Å². The summed E-state index contributed by atoms with van der Waals surface area (Å²) in [5, 5.41) is 4.14. The molecule has 1 aliphatic heterocycles. The quantitative estimate of drug-likeness (QED) is 0.466. The SMILES string of the molecule is NC(=S)NN=Cc1ccc(CN2CCN(Cc3ccccc3)CC2)cc1. The van der Waals surface area contributed by atoms with E-state index < -0.39 is 0 Å². The van der Waals surface area contributed by atoms with Crippen molar-refractivity contribution in [1.82, 2.24) is 15.2 Å². The summed E-state index contributed by atoms with van der Waals surface area (Å²) in [7, 11) is 0. The van der Waals surface area contributed by atoms with Gasteiger partial charge in [-0.05, 0) is 28.9 Å². The lowest BCUT2D eigenvalue weighted by Crippen LogP contribution is -2.45. The highest BCUT2D eigenvalue weighted by Gasteiger charge is 2.16. The highest BCUT2D eigenvalue weighted by Crippen LogP contribution is 2.12. The molecule has 1 aliphatic rings. The van der Waals surface area contributed by atoms with Crippen molar-refractivity contribution < 1.29 is 0 Å². The topological polar surface area (TPSA) is 56.9 Å². The van der Waals surface area contributed by atoms with Gasteiger partial charge in [0.25, 0.3) is 0 Å². The number of piperazine rings is 1. The molecule has 0 aliphatic carbocycles. The van der Waals surface area contributed by atoms with Gasteiger partial charge in [0, 0.05) is 39.3 Å². The molecule has 0 radical (unpaired) electrons. The van der Waals surface area contributed by atoms with E-state index >= 15 is 0 Å². The number of nitrogens with one attached hydrogen (secondary N) is 1. The highest BCUT2D eigenvalue weighted by atomic mass is 32.1. The van der Waals surface area contributed by atoms with Gasteiger partial charge in [-0.15, -0.1) is 0 Å². The molecule has 0 unspecified atom stereocenters. The second-order valence-corrected chi connectivity index (χ2v) is 6.95. The summed E-state index contributed by atoms with van der Waals surface area (Å²) in [6.07, 6.45) is 1.71. The maximum absolute atomic E-state index is 5.34. The van der Waals surface area contributed by atoms with E-state index in [-0.39, 0.29) is 5.11 Å². The predicted molar refractivity (Wildman–Crippen MR) is 111 cm³/mol. The zero-order chi connectivity index (χ0) is 18.2. The third-order valence-corrected chi connectivity index (χ3v) is 4.58. The average molecular weight is 368 g/mol. The van der Waals surface area contributed by atoms with E-state index in [4.69, 9.17) is 18.0 Å². The second kappa shape index (κ2) is 9.43. The predicted octanol–water partition coefficient (Wildman–Crippen LogP) is 2.17. The van der Waals surface area contributed by atoms with Gasteiger partial charge in [-0.25, -0.2) is 0 Å². The van der Waals surface area contributed by atoms with Crippen LogP contribution in [-0.2, 0) is 13.1 Å². The van der Waals surface area contributed by atoms with Crippen molar-refractivity contribution in [2.75, 3.05) is 26.2 Å². The fourth-order valence-electron chi connectivity index (χ4n) is 3.08. The van der Waals surface area contributed by atoms with Crippen molar-refractivity contribution in [1.29, 1.82) is 0 Å². The first kappa shape index (κ1) is 18.5. The Labute approximate surface area is 160 Å². The average Bonchev–Trinajstić information content (AvgIpc) is 2.65. The Morgan fingerprint density at radius 3 is 2.00 bits per heavy atom. The molecule has 0 saturated carbocycles. The van der Waals surface area contributed by atoms with Gasteiger partial charge in [0.05, 0.1) is 6.21 Å². The van der Waals surface area contributed by atoms with E-state index in [0.29, 0.717) is 0 Å². The van der Waals surface area contributed by atoms with Crippen LogP contribution in [0.4, 0.5) is 0 Å². The van der Waals surface area contributed by atoms with Crippen LogP contribution in [0.25, 0.3) is 0 Å². The molecule has 136 valence electrons. The number of hydrogen-bond donors (Lipinski definition) is 2. The molecule has 5 nitrogen and oxygen atoms in total. The first-order valence-electron chi connectivity index (χ1n) is 8.85. The van der Waals surface area contributed by atoms with Gasteiger partial charge in [-0.2, -0.15) is 5.10 Å². The zero-order valence-corrected chi connectivity index (χ0v) is 15.7. The molecule has 2 aromatic carbocycles. The maximum atomic E-state index is 5.34. The molecule has 0 bridgehead atoms. The number of hydrogen-bond acceptors (Lipinski definition) is 4. The van der Waals surface area contributed by atoms with Gasteiger partial charge in [0.1, 0.15) is 0 Å². The molecule has 3 N–H and O–H groups in total. The molecule has 6 heteroatoms. The summed E-state index contributed by atoms with van der Waals surface area (Å²) in [5.41, 5.74) is 11.6. The number of benzene rings is 2. The Morgan fingerprint density at radius 1 is 0.923 bits per heavy atom. The Balaban J connectivity index is 1.44. The third kappa shape index (κ3) is 5.91. The van der Waals surface area contributed by atoms with Crippen LogP contribution >= 0.6 is 12.2 Å². The largest absolute Gasteiger partial charge is 0.375 e. The Bertz CT molecular complexity index is 722. The highest BCUT2D eigenvalue weighted by molar-refractivity contribution is 7.80. The minimum absolute atomic E-state index is 0.171. The monoisotopic (exact) mass is 367 g/mol. The molecule has 0 aromatic heterocycles. The zero-order valence-electron chi connectivity index (χ0n) is 14.8. The van der Waals surface area contributed by atoms with Crippen LogP contribution in [0.3, 0.4) is 0 Å². The Kier molecular flexibility index (Phi) is 6.71. The fourth-order valence-corrected chi connectivity index (χ4v) is 3.14. The molecule has 26 heavy (non-hydrogen) atoms. The van der Waals surface area contributed by atoms with Gasteiger partial charge in [-0.1, -0.05) is 54.6 Å². The number of nitrogens with two attached hydrogens (primary N) is 1. The van der Waals surface area contributed by atoms with Gasteiger partial charge in [-0.3, -0.25) is 15.2 Å². The minimum Gasteiger partial charge on any atom is -0.375 e. The van der Waals surface area contributed by atoms with Crippen molar-refractivity contribution >= 4 is 23.5 Å². The molecule has 0 spiro atoms. The van der Waals surface area contributed by atoms with E-state index in [9.17, 15) is 0 Å². The summed E-state index contributed by atoms with van der Waals surface area (Å²) in [4.78, 5) is 5.04. The smallest absolute Gasteiger partial charge is 0.184 e. The summed E-state index contributed by atoms with van der Waals surface area (Å²) < 4.78 is 0. The lowest BCUT2D eigenvalue weighted by atomic mass is 10.1. The van der Waals surface area contributed by atoms with Crippen LogP contribution in [0.5, 0.6) is 0 Å². The molecule has 0 atom stereocenters. The van der Waals surface area contributed by atoms with Crippen LogP contribution in [0.2, 0.25) is 0 Å². The van der Waals surface area contributed by atoms with Crippen LogP contribution in [-0.4, -0.2) is 47.3 Å². The summed E-state index contributed by atoms with van der Waals surface area (Å²) in [6.45, 7) is 6.47. The third-order valence-electron chi connectivity index (χ3n) is 4.49. The molecular weight excluding hydrogens is 342 g/mol. The summed E-state index contributed by atoms with van der Waals surface area (Å²) >= 11 is 4.71. The van der Waals surface area contributed by atoms with E-state index in [1.807, 2.05) is 0 Å². The lowest BCUT2D eigenvalue weighted by molar-refractivity contribution is 0.122. The summed E-state index contributed by atoms with van der Waals surface area (Å²) in [6, 6.07) is 19.1. The van der Waals surface area contributed by atoms with Gasteiger partial charge >= 0.3 is 0 Å². The van der Waals surface area contributed by atoms with E-state index in [2.05, 4.69) is 74.9 Å². The number of rotatable bonds is 6. The van der Waals surface area contributed by atoms with Crippen LogP contribution < -0.4 is 11.2 Å². The van der Waals surface area contributed by atoms with Crippen molar-refractivity contribution in [2.45, 2.75) is 13.1 Å². The summed E-state index contributed by atoms with van der Waals surface area (Å²) in [5.74, 6) is 0. The van der Waals surface area contributed by atoms with Crippen molar-refractivity contribution in [3.8, 4) is 0 Å². The Morgan fingerprint density at radius 2 is 1.46 bits per heavy atom. The second-order valence-electron chi connectivity index (χ2n) is 6.51. The first-order chi connectivity index (χ1) is 12.7. The number of nitrogens with zero attached hydrogens (tertiary/aromatic N) is 3. The van der Waals surface area contributed by atoms with Crippen LogP contribution in [0.15, 0.2) is 59.7 Å². The lowest BCUT2D eigenvalue weighted by Gasteiger charge is -2.34. The van der Waals surface area contributed by atoms with Crippen molar-refractivity contribution in [3.63, 3.8) is 0 Å². The molecule has 1 fully saturated rings. The van der Waals surface area contributed by atoms with Crippen LogP contribution in [0, 0.1) is 0 Å². The van der Waals surface area contributed by atoms with Crippen molar-refractivity contribution in [3.05, 3.63) is 71.3 Å². The number of thiocarbonyl (C=S) groups is 1. The maximum Gasteiger partial charge on any atom is 0.184 e. The molecule has 0 amide bonds. The van der Waals surface area contributed by atoms with Crippen molar-refractivity contribution in [2.24, 2.45) is 10.8 Å². The number of hydrazone groups is 1. The fraction of sp³-hybridized carbons (Fsp3) is 0.300. The first-order valence-corrected chi connectivity index (χ1v) is 9.26. The van der Waals surface area contributed by atoms with Gasteiger partial charge < -0.3 is 5.73 Å². The molecular formula is C20H25N5S. The molecule has 2 aromatic rings. The van der Waals surface area contributed by atoms with Crippen LogP contribution in [0.1, 0.15) is 16.7 Å². The molecule has 3 rings (SSSR count). The van der Waals surface area contributed by atoms with E-state index in [1.54, 1.807) is 6.21 Å². The minimum atomic E-state index is 0.171. The standard InChI is InChI=1S/C20H25N5S/c21-20(26)23-22-14-17-6-8-19(9-7-17)16-25-12-10-24(11-13-25)15-18-4-2-1-3-5-18/h1-9,14H,10-13,15-16H2,(H3,21,23,26). The van der Waals surface area contributed by atoms with Gasteiger partial charge in [0.15, 0.2) is 5.11 Å².